The highest BCUT2D eigenvalue weighted by Gasteiger charge is 2.17. The lowest BCUT2D eigenvalue weighted by Gasteiger charge is -1.99. The Hall–Kier alpha value is -1.88. The molecule has 0 amide bonds. The molecular weight excluding hydrogens is 182 g/mol. The van der Waals surface area contributed by atoms with Gasteiger partial charge in [0.2, 0.25) is 0 Å². The summed E-state index contributed by atoms with van der Waals surface area (Å²) in [6, 6.07) is 6.20. The number of H-pyrrole nitrogens is 1. The fourth-order valence-electron chi connectivity index (χ4n) is 1.24. The number of para-hydroxylation sites is 2. The molecule has 0 spiro atoms. The summed E-state index contributed by atoms with van der Waals surface area (Å²) in [5.74, 6) is -0.817. The van der Waals surface area contributed by atoms with Crippen LogP contribution in [0.15, 0.2) is 24.3 Å². The third-order valence-corrected chi connectivity index (χ3v) is 1.97. The minimum absolute atomic E-state index is 0.277. The average Bonchev–Trinajstić information content (AvgIpc) is 2.59. The highest BCUT2D eigenvalue weighted by atomic mass is 16.4. The standard InChI is InChI=1S/C9H9N3O2/c10-7(9(13)14)8-11-5-3-1-2-4-6(5)12-8/h1-4,7H,10H2,(H,11,12)(H,13,14). The van der Waals surface area contributed by atoms with Crippen molar-refractivity contribution < 1.29 is 9.90 Å². The molecule has 0 saturated carbocycles. The Morgan fingerprint density at radius 2 is 2.21 bits per heavy atom. The highest BCUT2D eigenvalue weighted by Crippen LogP contribution is 2.14. The molecule has 1 aromatic carbocycles. The number of hydrogen-bond acceptors (Lipinski definition) is 3. The summed E-state index contributed by atoms with van der Waals surface area (Å²) in [6.07, 6.45) is 0. The first kappa shape index (κ1) is 8.71. The van der Waals surface area contributed by atoms with Gasteiger partial charge in [-0.2, -0.15) is 0 Å². The van der Waals surface area contributed by atoms with Gasteiger partial charge in [0.25, 0.3) is 0 Å². The number of aliphatic carboxylic acids is 1. The number of imidazole rings is 1. The summed E-state index contributed by atoms with van der Waals surface area (Å²) in [5, 5.41) is 8.68. The summed E-state index contributed by atoms with van der Waals surface area (Å²) in [7, 11) is 0. The van der Waals surface area contributed by atoms with Gasteiger partial charge in [-0.15, -0.1) is 0 Å². The number of hydrogen-bond donors (Lipinski definition) is 3. The fourth-order valence-corrected chi connectivity index (χ4v) is 1.24. The maximum atomic E-state index is 10.6. The third kappa shape index (κ3) is 1.33. The Bertz CT molecular complexity index is 445. The van der Waals surface area contributed by atoms with Gasteiger partial charge in [0.15, 0.2) is 6.04 Å². The largest absolute Gasteiger partial charge is 0.480 e. The molecule has 1 unspecified atom stereocenters. The second kappa shape index (κ2) is 3.12. The highest BCUT2D eigenvalue weighted by molar-refractivity contribution is 5.78. The second-order valence-electron chi connectivity index (χ2n) is 2.96. The first-order valence-electron chi connectivity index (χ1n) is 4.11. The van der Waals surface area contributed by atoms with E-state index in [2.05, 4.69) is 9.97 Å². The first-order valence-corrected chi connectivity index (χ1v) is 4.11. The number of aromatic nitrogens is 2. The maximum Gasteiger partial charge on any atom is 0.328 e. The molecule has 0 aliphatic carbocycles. The van der Waals surface area contributed by atoms with Crippen molar-refractivity contribution in [2.75, 3.05) is 0 Å². The first-order chi connectivity index (χ1) is 6.68. The number of carbonyl (C=O) groups is 1. The number of nitrogens with zero attached hydrogens (tertiary/aromatic N) is 1. The summed E-state index contributed by atoms with van der Waals surface area (Å²) in [6.45, 7) is 0. The van der Waals surface area contributed by atoms with Crippen LogP contribution in [0.25, 0.3) is 11.0 Å². The quantitative estimate of drug-likeness (QED) is 0.649. The van der Waals surface area contributed by atoms with Crippen LogP contribution in [0.2, 0.25) is 0 Å². The molecule has 1 aromatic heterocycles. The molecule has 0 bridgehead atoms. The van der Waals surface area contributed by atoms with Crippen molar-refractivity contribution in [3.8, 4) is 0 Å². The number of fused-ring (bicyclic) bond motifs is 1. The molecule has 0 saturated heterocycles. The molecule has 14 heavy (non-hydrogen) atoms. The average molecular weight is 191 g/mol. The van der Waals surface area contributed by atoms with Crippen molar-refractivity contribution in [2.45, 2.75) is 6.04 Å². The van der Waals surface area contributed by atoms with Gasteiger partial charge < -0.3 is 15.8 Å². The van der Waals surface area contributed by atoms with E-state index in [9.17, 15) is 4.79 Å². The normalized spacial score (nSPS) is 12.9. The van der Waals surface area contributed by atoms with Crippen molar-refractivity contribution in [3.63, 3.8) is 0 Å². The van der Waals surface area contributed by atoms with Crippen molar-refractivity contribution in [1.82, 2.24) is 9.97 Å². The molecule has 2 aromatic rings. The smallest absolute Gasteiger partial charge is 0.328 e. The van der Waals surface area contributed by atoms with Gasteiger partial charge in [-0.25, -0.2) is 4.98 Å². The SMILES string of the molecule is NC(C(=O)O)c1nc2ccccc2[nH]1. The van der Waals surface area contributed by atoms with Gasteiger partial charge in [-0.1, -0.05) is 12.1 Å². The van der Waals surface area contributed by atoms with E-state index >= 15 is 0 Å². The zero-order valence-electron chi connectivity index (χ0n) is 7.27. The van der Waals surface area contributed by atoms with E-state index in [1.807, 2.05) is 18.2 Å². The van der Waals surface area contributed by atoms with Crippen molar-refractivity contribution in [1.29, 1.82) is 0 Å². The number of rotatable bonds is 2. The lowest BCUT2D eigenvalue weighted by Crippen LogP contribution is -2.21. The third-order valence-electron chi connectivity index (χ3n) is 1.97. The van der Waals surface area contributed by atoms with E-state index in [0.29, 0.717) is 0 Å². The van der Waals surface area contributed by atoms with E-state index in [4.69, 9.17) is 10.8 Å². The zero-order chi connectivity index (χ0) is 10.1. The number of nitrogens with two attached hydrogens (primary N) is 1. The van der Waals surface area contributed by atoms with Gasteiger partial charge in [-0.3, -0.25) is 4.79 Å². The van der Waals surface area contributed by atoms with Gasteiger partial charge in [-0.05, 0) is 12.1 Å². The molecule has 0 radical (unpaired) electrons. The molecule has 1 heterocycles. The van der Waals surface area contributed by atoms with Crippen molar-refractivity contribution >= 4 is 17.0 Å². The molecular formula is C9H9N3O2. The van der Waals surface area contributed by atoms with Crippen molar-refractivity contribution in [2.24, 2.45) is 5.73 Å². The minimum Gasteiger partial charge on any atom is -0.480 e. The predicted molar refractivity (Wildman–Crippen MR) is 50.7 cm³/mol. The Labute approximate surface area is 79.6 Å². The number of benzene rings is 1. The van der Waals surface area contributed by atoms with E-state index in [1.54, 1.807) is 6.07 Å². The minimum atomic E-state index is -1.10. The Balaban J connectivity index is 2.50. The molecule has 72 valence electrons. The van der Waals surface area contributed by atoms with Gasteiger partial charge in [0, 0.05) is 0 Å². The molecule has 0 aliphatic heterocycles. The molecule has 0 aliphatic rings. The number of nitrogens with one attached hydrogen (secondary N) is 1. The summed E-state index contributed by atoms with van der Waals surface area (Å²) >= 11 is 0. The van der Waals surface area contributed by atoms with Crippen LogP contribution in [-0.4, -0.2) is 21.0 Å². The topological polar surface area (TPSA) is 92.0 Å². The van der Waals surface area contributed by atoms with Crippen LogP contribution in [0.1, 0.15) is 11.9 Å². The van der Waals surface area contributed by atoms with Crippen LogP contribution < -0.4 is 5.73 Å². The van der Waals surface area contributed by atoms with Crippen LogP contribution >= 0.6 is 0 Å². The van der Waals surface area contributed by atoms with Crippen LogP contribution in [0, 0.1) is 0 Å². The molecule has 2 rings (SSSR count). The monoisotopic (exact) mass is 191 g/mol. The zero-order valence-corrected chi connectivity index (χ0v) is 7.27. The Kier molecular flexibility index (Phi) is 1.94. The van der Waals surface area contributed by atoms with E-state index in [1.165, 1.54) is 0 Å². The molecule has 0 fully saturated rings. The number of carboxylic acids is 1. The summed E-state index contributed by atoms with van der Waals surface area (Å²) in [4.78, 5) is 17.5. The summed E-state index contributed by atoms with van der Waals surface area (Å²) in [5.41, 5.74) is 6.92. The second-order valence-corrected chi connectivity index (χ2v) is 2.96. The maximum absolute atomic E-state index is 10.6. The molecule has 4 N–H and O–H groups in total. The lowest BCUT2D eigenvalue weighted by atomic mass is 10.3. The molecule has 1 atom stereocenters. The Morgan fingerprint density at radius 1 is 1.50 bits per heavy atom. The van der Waals surface area contributed by atoms with Crippen LogP contribution in [-0.2, 0) is 4.79 Å². The number of aromatic amines is 1. The lowest BCUT2D eigenvalue weighted by molar-refractivity contribution is -0.138. The molecule has 5 heteroatoms. The Morgan fingerprint density at radius 3 is 2.86 bits per heavy atom. The van der Waals surface area contributed by atoms with Crippen LogP contribution in [0.4, 0.5) is 0 Å². The molecule has 5 nitrogen and oxygen atoms in total. The summed E-state index contributed by atoms with van der Waals surface area (Å²) < 4.78 is 0. The number of carboxylic acid groups (broad SMARTS) is 1. The predicted octanol–water partition coefficient (Wildman–Crippen LogP) is 0.647. The van der Waals surface area contributed by atoms with Gasteiger partial charge in [0.1, 0.15) is 5.82 Å². The van der Waals surface area contributed by atoms with Gasteiger partial charge in [0.05, 0.1) is 11.0 Å². The van der Waals surface area contributed by atoms with Crippen molar-refractivity contribution in [3.05, 3.63) is 30.1 Å². The van der Waals surface area contributed by atoms with Gasteiger partial charge >= 0.3 is 5.97 Å². The van der Waals surface area contributed by atoms with Crippen LogP contribution in [0.3, 0.4) is 0 Å². The van der Waals surface area contributed by atoms with E-state index in [-0.39, 0.29) is 5.82 Å². The van der Waals surface area contributed by atoms with E-state index in [0.717, 1.165) is 11.0 Å². The fraction of sp³-hybridized carbons (Fsp3) is 0.111. The van der Waals surface area contributed by atoms with E-state index < -0.39 is 12.0 Å². The van der Waals surface area contributed by atoms with Crippen LogP contribution in [0.5, 0.6) is 0 Å².